The highest BCUT2D eigenvalue weighted by atomic mass is 35.5. The van der Waals surface area contributed by atoms with E-state index in [1.807, 2.05) is 30.5 Å². The molecule has 0 radical (unpaired) electrons. The Hall–Kier alpha value is -1.07. The maximum Gasteiger partial charge on any atom is 0.123 e. The zero-order valence-corrected chi connectivity index (χ0v) is 12.6. The lowest BCUT2D eigenvalue weighted by Crippen LogP contribution is -2.30. The summed E-state index contributed by atoms with van der Waals surface area (Å²) in [5.74, 6) is 5.38. The molecule has 0 aliphatic rings. The third-order valence-electron chi connectivity index (χ3n) is 3.15. The molecule has 0 bridgehead atoms. The summed E-state index contributed by atoms with van der Waals surface area (Å²) in [6.07, 6.45) is 2.55. The fraction of sp³-hybridized carbons (Fsp3) is 0.200. The van der Waals surface area contributed by atoms with E-state index in [0.29, 0.717) is 11.4 Å². The van der Waals surface area contributed by atoms with Gasteiger partial charge in [-0.2, -0.15) is 0 Å². The maximum atomic E-state index is 13.3. The minimum absolute atomic E-state index is 0.113. The molecule has 0 fully saturated rings. The fourth-order valence-corrected chi connectivity index (χ4v) is 2.99. The van der Waals surface area contributed by atoms with Crippen LogP contribution < -0.4 is 11.3 Å². The number of benzene rings is 2. The molecular weight excluding hydrogens is 295 g/mol. The second-order valence-corrected chi connectivity index (χ2v) is 5.66. The van der Waals surface area contributed by atoms with Crippen LogP contribution in [0.3, 0.4) is 0 Å². The monoisotopic (exact) mass is 310 g/mol. The van der Waals surface area contributed by atoms with Crippen molar-refractivity contribution in [2.24, 2.45) is 5.84 Å². The van der Waals surface area contributed by atoms with Crippen molar-refractivity contribution in [2.45, 2.75) is 17.4 Å². The largest absolute Gasteiger partial charge is 0.271 e. The van der Waals surface area contributed by atoms with Gasteiger partial charge in [0.05, 0.1) is 6.04 Å². The Kier molecular flexibility index (Phi) is 5.43. The number of nitrogens with two attached hydrogens (primary N) is 1. The van der Waals surface area contributed by atoms with Crippen molar-refractivity contribution >= 4 is 23.4 Å². The van der Waals surface area contributed by atoms with E-state index in [1.54, 1.807) is 17.8 Å². The van der Waals surface area contributed by atoms with Crippen molar-refractivity contribution in [3.63, 3.8) is 0 Å². The Morgan fingerprint density at radius 3 is 2.75 bits per heavy atom. The van der Waals surface area contributed by atoms with Crippen LogP contribution >= 0.6 is 23.4 Å². The molecule has 0 saturated heterocycles. The van der Waals surface area contributed by atoms with Crippen LogP contribution in [0.5, 0.6) is 0 Å². The molecule has 0 amide bonds. The molecule has 0 aliphatic heterocycles. The lowest BCUT2D eigenvalue weighted by Gasteiger charge is -2.19. The van der Waals surface area contributed by atoms with Crippen LogP contribution in [0.1, 0.15) is 17.2 Å². The van der Waals surface area contributed by atoms with Gasteiger partial charge in [0.2, 0.25) is 0 Å². The normalized spacial score (nSPS) is 12.4. The molecule has 5 heteroatoms. The van der Waals surface area contributed by atoms with Gasteiger partial charge in [-0.15, -0.1) is 11.8 Å². The first-order valence-corrected chi connectivity index (χ1v) is 7.79. The number of nitrogens with one attached hydrogen (secondary N) is 1. The van der Waals surface area contributed by atoms with Gasteiger partial charge in [0.1, 0.15) is 5.82 Å². The highest BCUT2D eigenvalue weighted by Crippen LogP contribution is 2.29. The number of rotatable bonds is 5. The van der Waals surface area contributed by atoms with Gasteiger partial charge in [-0.25, -0.2) is 4.39 Å². The SMILES string of the molecule is CSc1ccccc1C(Cc1cc(F)ccc1Cl)NN. The molecular formula is C15H16ClFN2S. The lowest BCUT2D eigenvalue weighted by atomic mass is 9.99. The van der Waals surface area contributed by atoms with E-state index in [-0.39, 0.29) is 11.9 Å². The molecule has 106 valence electrons. The predicted octanol–water partition coefficient (Wildman–Crippen LogP) is 3.95. The van der Waals surface area contributed by atoms with Crippen LogP contribution in [0.25, 0.3) is 0 Å². The average molecular weight is 311 g/mol. The second-order valence-electron chi connectivity index (χ2n) is 4.40. The zero-order chi connectivity index (χ0) is 14.5. The summed E-state index contributed by atoms with van der Waals surface area (Å²) >= 11 is 7.77. The highest BCUT2D eigenvalue weighted by Gasteiger charge is 2.16. The van der Waals surface area contributed by atoms with Crippen LogP contribution in [0.4, 0.5) is 4.39 Å². The Morgan fingerprint density at radius 1 is 1.30 bits per heavy atom. The summed E-state index contributed by atoms with van der Waals surface area (Å²) in [4.78, 5) is 1.14. The van der Waals surface area contributed by atoms with Gasteiger partial charge in [-0.05, 0) is 48.1 Å². The summed E-state index contributed by atoms with van der Waals surface area (Å²) in [6, 6.07) is 12.3. The van der Waals surface area contributed by atoms with Crippen molar-refractivity contribution in [2.75, 3.05) is 6.26 Å². The molecule has 0 saturated carbocycles. The van der Waals surface area contributed by atoms with Gasteiger partial charge in [0.25, 0.3) is 0 Å². The summed E-state index contributed by atoms with van der Waals surface area (Å²) in [7, 11) is 0. The summed E-state index contributed by atoms with van der Waals surface area (Å²) < 4.78 is 13.3. The quantitative estimate of drug-likeness (QED) is 0.499. The molecule has 0 aromatic heterocycles. The number of hydrogen-bond donors (Lipinski definition) is 2. The van der Waals surface area contributed by atoms with Crippen molar-refractivity contribution < 1.29 is 4.39 Å². The molecule has 3 N–H and O–H groups in total. The first-order chi connectivity index (χ1) is 9.65. The molecule has 0 aliphatic carbocycles. The van der Waals surface area contributed by atoms with E-state index in [9.17, 15) is 4.39 Å². The Labute approximate surface area is 127 Å². The summed E-state index contributed by atoms with van der Waals surface area (Å²) in [6.45, 7) is 0. The summed E-state index contributed by atoms with van der Waals surface area (Å²) in [5.41, 5.74) is 4.62. The third-order valence-corrected chi connectivity index (χ3v) is 4.33. The average Bonchev–Trinajstić information content (AvgIpc) is 2.48. The van der Waals surface area contributed by atoms with Gasteiger partial charge in [-0.3, -0.25) is 11.3 Å². The molecule has 1 unspecified atom stereocenters. The Morgan fingerprint density at radius 2 is 2.05 bits per heavy atom. The maximum absolute atomic E-state index is 13.3. The second kappa shape index (κ2) is 7.09. The minimum Gasteiger partial charge on any atom is -0.271 e. The third kappa shape index (κ3) is 3.52. The van der Waals surface area contributed by atoms with Gasteiger partial charge >= 0.3 is 0 Å². The van der Waals surface area contributed by atoms with Crippen LogP contribution in [0.15, 0.2) is 47.4 Å². The zero-order valence-electron chi connectivity index (χ0n) is 11.1. The number of halogens is 2. The molecule has 2 nitrogen and oxygen atoms in total. The molecule has 2 aromatic carbocycles. The van der Waals surface area contributed by atoms with Crippen molar-refractivity contribution in [1.29, 1.82) is 0 Å². The smallest absolute Gasteiger partial charge is 0.123 e. The number of hydrazine groups is 1. The van der Waals surface area contributed by atoms with Crippen molar-refractivity contribution in [3.8, 4) is 0 Å². The molecule has 0 spiro atoms. The fourth-order valence-electron chi connectivity index (χ4n) is 2.13. The van der Waals surface area contributed by atoms with E-state index >= 15 is 0 Å². The van der Waals surface area contributed by atoms with Crippen LogP contribution in [0, 0.1) is 5.82 Å². The molecule has 1 atom stereocenters. The molecule has 20 heavy (non-hydrogen) atoms. The summed E-state index contributed by atoms with van der Waals surface area (Å²) in [5, 5.41) is 0.549. The van der Waals surface area contributed by atoms with Crippen molar-refractivity contribution in [3.05, 3.63) is 64.4 Å². The van der Waals surface area contributed by atoms with Crippen molar-refractivity contribution in [1.82, 2.24) is 5.43 Å². The predicted molar refractivity (Wildman–Crippen MR) is 83.4 cm³/mol. The Balaban J connectivity index is 2.31. The van der Waals surface area contributed by atoms with Crippen LogP contribution in [0.2, 0.25) is 5.02 Å². The van der Waals surface area contributed by atoms with E-state index in [4.69, 9.17) is 17.4 Å². The van der Waals surface area contributed by atoms with Gasteiger partial charge in [0.15, 0.2) is 0 Å². The lowest BCUT2D eigenvalue weighted by molar-refractivity contribution is 0.541. The number of thioether (sulfide) groups is 1. The first-order valence-electron chi connectivity index (χ1n) is 6.18. The Bertz CT molecular complexity index is 592. The van der Waals surface area contributed by atoms with E-state index in [2.05, 4.69) is 5.43 Å². The molecule has 2 aromatic rings. The van der Waals surface area contributed by atoms with E-state index in [1.165, 1.54) is 12.1 Å². The van der Waals surface area contributed by atoms with E-state index in [0.717, 1.165) is 16.0 Å². The topological polar surface area (TPSA) is 38.0 Å². The van der Waals surface area contributed by atoms with E-state index < -0.39 is 0 Å². The molecule has 2 rings (SSSR count). The first kappa shape index (κ1) is 15.3. The minimum atomic E-state index is -0.293. The standard InChI is InChI=1S/C15H16ClFN2S/c1-20-15-5-3-2-4-12(15)14(19-18)9-10-8-11(17)6-7-13(10)16/h2-8,14,19H,9,18H2,1H3. The number of hydrogen-bond acceptors (Lipinski definition) is 3. The van der Waals surface area contributed by atoms with Gasteiger partial charge < -0.3 is 0 Å². The van der Waals surface area contributed by atoms with Crippen LogP contribution in [-0.2, 0) is 6.42 Å². The van der Waals surface area contributed by atoms with Gasteiger partial charge in [0, 0.05) is 9.92 Å². The van der Waals surface area contributed by atoms with Gasteiger partial charge in [-0.1, -0.05) is 29.8 Å². The highest BCUT2D eigenvalue weighted by molar-refractivity contribution is 7.98. The molecule has 0 heterocycles. The van der Waals surface area contributed by atoms with Crippen LogP contribution in [-0.4, -0.2) is 6.26 Å².